The van der Waals surface area contributed by atoms with Gasteiger partial charge in [0.15, 0.2) is 0 Å². The molecule has 0 spiro atoms. The van der Waals surface area contributed by atoms with E-state index in [0.29, 0.717) is 5.88 Å². The summed E-state index contributed by atoms with van der Waals surface area (Å²) in [5.74, 6) is 0.568. The van der Waals surface area contributed by atoms with Crippen LogP contribution in [0.25, 0.3) is 0 Å². The van der Waals surface area contributed by atoms with Crippen LogP contribution in [0.4, 0.5) is 0 Å². The van der Waals surface area contributed by atoms with Gasteiger partial charge in [-0.2, -0.15) is 0 Å². The fraction of sp³-hybridized carbons (Fsp3) is 0.400. The van der Waals surface area contributed by atoms with Crippen LogP contribution in [0.2, 0.25) is 0 Å². The topological polar surface area (TPSA) is 17.1 Å². The zero-order chi connectivity index (χ0) is 5.54. The molecule has 0 heterocycles. The first-order valence-electron chi connectivity index (χ1n) is 2.00. The van der Waals surface area contributed by atoms with Crippen molar-refractivity contribution in [2.24, 2.45) is 0 Å². The number of hydrogen-bond acceptors (Lipinski definition) is 1. The molecule has 0 unspecified atom stereocenters. The monoisotopic (exact) mass is 117 g/mol. The van der Waals surface area contributed by atoms with Crippen LogP contribution in [0, 0.1) is 0 Å². The highest BCUT2D eigenvalue weighted by atomic mass is 35.5. The minimum Gasteiger partial charge on any atom is -0.286 e. The van der Waals surface area contributed by atoms with E-state index in [0.717, 1.165) is 6.42 Å². The van der Waals surface area contributed by atoms with Crippen molar-refractivity contribution < 1.29 is 4.79 Å². The van der Waals surface area contributed by atoms with Crippen LogP contribution in [-0.2, 0) is 4.79 Å². The van der Waals surface area contributed by atoms with E-state index < -0.39 is 0 Å². The molecule has 1 radical (unpaired) electrons. The molecule has 0 aliphatic rings. The molecule has 0 saturated carbocycles. The van der Waals surface area contributed by atoms with Gasteiger partial charge in [-0.1, -0.05) is 6.08 Å². The van der Waals surface area contributed by atoms with Gasteiger partial charge in [0.2, 0.25) is 6.29 Å². The molecule has 0 atom stereocenters. The Hall–Kier alpha value is -0.300. The number of rotatable bonds is 3. The van der Waals surface area contributed by atoms with Crippen molar-refractivity contribution in [2.75, 3.05) is 5.88 Å². The molecule has 0 rings (SSSR count). The normalized spacial score (nSPS) is 9.86. The van der Waals surface area contributed by atoms with E-state index in [1.165, 1.54) is 6.08 Å². The summed E-state index contributed by atoms with van der Waals surface area (Å²) in [6.45, 7) is 0. The highest BCUT2D eigenvalue weighted by Crippen LogP contribution is 1.83. The first-order chi connectivity index (χ1) is 3.41. The van der Waals surface area contributed by atoms with Crippen LogP contribution in [-0.4, -0.2) is 12.2 Å². The van der Waals surface area contributed by atoms with Crippen molar-refractivity contribution in [3.63, 3.8) is 0 Å². The fourth-order valence-electron chi connectivity index (χ4n) is 0.194. The van der Waals surface area contributed by atoms with Crippen molar-refractivity contribution in [3.8, 4) is 0 Å². The minimum absolute atomic E-state index is 0.568. The fourth-order valence-corrected chi connectivity index (χ4v) is 0.320. The Labute approximate surface area is 48.0 Å². The Morgan fingerprint density at radius 2 is 2.43 bits per heavy atom. The van der Waals surface area contributed by atoms with Gasteiger partial charge in [-0.05, 0) is 12.5 Å². The molecule has 0 amide bonds. The molecule has 2 heteroatoms. The standard InChI is InChI=1S/C5H6ClO/c6-4-2-1-3-5-7/h1,3H,2,4H2. The predicted molar refractivity (Wildman–Crippen MR) is 30.2 cm³/mol. The number of alkyl halides is 1. The molecule has 0 N–H and O–H groups in total. The number of carbonyl (C=O) groups excluding carboxylic acids is 1. The molecular formula is C5H6ClO. The molecule has 0 aromatic heterocycles. The van der Waals surface area contributed by atoms with Crippen molar-refractivity contribution in [3.05, 3.63) is 12.2 Å². The second-order valence-corrected chi connectivity index (χ2v) is 1.38. The summed E-state index contributed by atoms with van der Waals surface area (Å²) in [7, 11) is 0. The lowest BCUT2D eigenvalue weighted by Crippen LogP contribution is -1.65. The third-order valence-electron chi connectivity index (χ3n) is 0.462. The van der Waals surface area contributed by atoms with Crippen LogP contribution < -0.4 is 0 Å². The summed E-state index contributed by atoms with van der Waals surface area (Å²) < 4.78 is 0. The Kier molecular flexibility index (Phi) is 5.46. The number of allylic oxidation sites excluding steroid dienone is 2. The maximum Gasteiger partial charge on any atom is 0.225 e. The Bertz CT molecular complexity index is 68.5. The first kappa shape index (κ1) is 6.70. The van der Waals surface area contributed by atoms with Crippen molar-refractivity contribution in [1.82, 2.24) is 0 Å². The third kappa shape index (κ3) is 5.70. The molecule has 1 nitrogen and oxygen atoms in total. The third-order valence-corrected chi connectivity index (χ3v) is 0.680. The second kappa shape index (κ2) is 5.70. The van der Waals surface area contributed by atoms with E-state index in [4.69, 9.17) is 11.6 Å². The summed E-state index contributed by atoms with van der Waals surface area (Å²) in [6.07, 6.45) is 5.36. The summed E-state index contributed by atoms with van der Waals surface area (Å²) in [5, 5.41) is 0. The quantitative estimate of drug-likeness (QED) is 0.402. The van der Waals surface area contributed by atoms with Crippen LogP contribution >= 0.6 is 11.6 Å². The van der Waals surface area contributed by atoms with Gasteiger partial charge in [-0.3, -0.25) is 4.79 Å². The first-order valence-corrected chi connectivity index (χ1v) is 2.54. The van der Waals surface area contributed by atoms with Gasteiger partial charge in [0.05, 0.1) is 0 Å². The van der Waals surface area contributed by atoms with Crippen LogP contribution in [0.1, 0.15) is 6.42 Å². The Balaban J connectivity index is 2.92. The van der Waals surface area contributed by atoms with Gasteiger partial charge in [0.1, 0.15) is 0 Å². The average molecular weight is 118 g/mol. The van der Waals surface area contributed by atoms with Gasteiger partial charge in [-0.25, -0.2) is 0 Å². The van der Waals surface area contributed by atoms with Gasteiger partial charge < -0.3 is 0 Å². The average Bonchev–Trinajstić information content (AvgIpc) is 1.69. The van der Waals surface area contributed by atoms with Gasteiger partial charge >= 0.3 is 0 Å². The number of hydrogen-bond donors (Lipinski definition) is 0. The SMILES string of the molecule is O=[C]C=CCCCl. The van der Waals surface area contributed by atoms with Gasteiger partial charge in [-0.15, -0.1) is 11.6 Å². The molecule has 0 aromatic rings. The summed E-state index contributed by atoms with van der Waals surface area (Å²) in [6, 6.07) is 0. The van der Waals surface area contributed by atoms with Gasteiger partial charge in [0.25, 0.3) is 0 Å². The van der Waals surface area contributed by atoms with Crippen molar-refractivity contribution in [2.45, 2.75) is 6.42 Å². The zero-order valence-electron chi connectivity index (χ0n) is 3.86. The number of halogens is 1. The second-order valence-electron chi connectivity index (χ2n) is 0.998. The highest BCUT2D eigenvalue weighted by Gasteiger charge is 1.70. The maximum atomic E-state index is 9.42. The highest BCUT2D eigenvalue weighted by molar-refractivity contribution is 6.17. The molecule has 0 aliphatic carbocycles. The largest absolute Gasteiger partial charge is 0.286 e. The Morgan fingerprint density at radius 3 is 2.86 bits per heavy atom. The van der Waals surface area contributed by atoms with Crippen LogP contribution in [0.5, 0.6) is 0 Å². The van der Waals surface area contributed by atoms with Crippen LogP contribution in [0.3, 0.4) is 0 Å². The van der Waals surface area contributed by atoms with Gasteiger partial charge in [0, 0.05) is 5.88 Å². The molecule has 7 heavy (non-hydrogen) atoms. The van der Waals surface area contributed by atoms with E-state index in [2.05, 4.69) is 0 Å². The van der Waals surface area contributed by atoms with E-state index >= 15 is 0 Å². The van der Waals surface area contributed by atoms with E-state index in [1.54, 1.807) is 12.4 Å². The molecule has 0 aromatic carbocycles. The lowest BCUT2D eigenvalue weighted by molar-refractivity contribution is 0.564. The maximum absolute atomic E-state index is 9.42. The lowest BCUT2D eigenvalue weighted by atomic mass is 10.4. The predicted octanol–water partition coefficient (Wildman–Crippen LogP) is 1.28. The molecule has 0 fully saturated rings. The van der Waals surface area contributed by atoms with Crippen molar-refractivity contribution in [1.29, 1.82) is 0 Å². The van der Waals surface area contributed by atoms with E-state index in [1.807, 2.05) is 0 Å². The van der Waals surface area contributed by atoms with Crippen molar-refractivity contribution >= 4 is 17.9 Å². The lowest BCUT2D eigenvalue weighted by Gasteiger charge is -1.73. The minimum atomic E-state index is 0.568. The summed E-state index contributed by atoms with van der Waals surface area (Å²) >= 11 is 5.26. The van der Waals surface area contributed by atoms with E-state index in [9.17, 15) is 4.79 Å². The zero-order valence-corrected chi connectivity index (χ0v) is 4.61. The summed E-state index contributed by atoms with van der Waals surface area (Å²) in [5.41, 5.74) is 0. The summed E-state index contributed by atoms with van der Waals surface area (Å²) in [4.78, 5) is 9.42. The van der Waals surface area contributed by atoms with Crippen LogP contribution in [0.15, 0.2) is 12.2 Å². The molecule has 39 valence electrons. The molecule has 0 aliphatic heterocycles. The smallest absolute Gasteiger partial charge is 0.225 e. The van der Waals surface area contributed by atoms with E-state index in [-0.39, 0.29) is 0 Å². The molecular weight excluding hydrogens is 112 g/mol. The molecule has 0 saturated heterocycles. The molecule has 0 bridgehead atoms. The Morgan fingerprint density at radius 1 is 1.71 bits per heavy atom.